The predicted molar refractivity (Wildman–Crippen MR) is 69.6 cm³/mol. The fraction of sp³-hybridized carbons (Fsp3) is 0.600. The summed E-state index contributed by atoms with van der Waals surface area (Å²) in [6, 6.07) is 7.11. The summed E-state index contributed by atoms with van der Waals surface area (Å²) >= 11 is 0. The molecule has 1 aliphatic carbocycles. The molecule has 0 saturated heterocycles. The van der Waals surface area contributed by atoms with Crippen LogP contribution < -0.4 is 5.32 Å². The lowest BCUT2D eigenvalue weighted by Crippen LogP contribution is -2.52. The smallest absolute Gasteiger partial charge is 0.123 e. The van der Waals surface area contributed by atoms with Gasteiger partial charge < -0.3 is 5.32 Å². The first-order chi connectivity index (χ1) is 7.97. The Bertz CT molecular complexity index is 390. The van der Waals surface area contributed by atoms with Crippen LogP contribution in [0.25, 0.3) is 0 Å². The maximum atomic E-state index is 13.4. The van der Waals surface area contributed by atoms with E-state index < -0.39 is 0 Å². The first kappa shape index (κ1) is 12.6. The molecule has 1 aromatic rings. The molecular formula is C15H22FN. The van der Waals surface area contributed by atoms with E-state index >= 15 is 0 Å². The van der Waals surface area contributed by atoms with Gasteiger partial charge in [0.1, 0.15) is 5.82 Å². The minimum Gasteiger partial charge on any atom is -0.316 e. The molecule has 0 atom stereocenters. The number of rotatable bonds is 4. The SMILES string of the molecule is CCNCC1(c2cccc(F)c2)CC(C)(C)C1. The van der Waals surface area contributed by atoms with Gasteiger partial charge in [0.25, 0.3) is 0 Å². The highest BCUT2D eigenvalue weighted by Crippen LogP contribution is 2.55. The van der Waals surface area contributed by atoms with Crippen molar-refractivity contribution in [2.24, 2.45) is 5.41 Å². The Balaban J connectivity index is 2.23. The Morgan fingerprint density at radius 1 is 1.29 bits per heavy atom. The zero-order valence-electron chi connectivity index (χ0n) is 11.0. The molecule has 1 fully saturated rings. The quantitative estimate of drug-likeness (QED) is 0.842. The molecular weight excluding hydrogens is 213 g/mol. The normalized spacial score (nSPS) is 20.9. The first-order valence-corrected chi connectivity index (χ1v) is 6.44. The van der Waals surface area contributed by atoms with Gasteiger partial charge in [0.15, 0.2) is 0 Å². The summed E-state index contributed by atoms with van der Waals surface area (Å²) in [6.45, 7) is 8.62. The Kier molecular flexibility index (Phi) is 3.26. The predicted octanol–water partition coefficient (Wildman–Crippen LogP) is 3.49. The summed E-state index contributed by atoms with van der Waals surface area (Å²) in [4.78, 5) is 0. The van der Waals surface area contributed by atoms with Gasteiger partial charge in [-0.3, -0.25) is 0 Å². The first-order valence-electron chi connectivity index (χ1n) is 6.44. The van der Waals surface area contributed by atoms with E-state index in [2.05, 4.69) is 32.2 Å². The van der Waals surface area contributed by atoms with Gasteiger partial charge in [-0.25, -0.2) is 4.39 Å². The van der Waals surface area contributed by atoms with Gasteiger partial charge in [0, 0.05) is 12.0 Å². The van der Waals surface area contributed by atoms with Crippen molar-refractivity contribution >= 4 is 0 Å². The Labute approximate surface area is 103 Å². The molecule has 0 aromatic heterocycles. The van der Waals surface area contributed by atoms with Gasteiger partial charge in [-0.15, -0.1) is 0 Å². The zero-order valence-corrected chi connectivity index (χ0v) is 11.0. The molecule has 0 spiro atoms. The highest BCUT2D eigenvalue weighted by molar-refractivity contribution is 5.31. The van der Waals surface area contributed by atoms with Crippen LogP contribution >= 0.6 is 0 Å². The highest BCUT2D eigenvalue weighted by atomic mass is 19.1. The molecule has 0 aliphatic heterocycles. The van der Waals surface area contributed by atoms with Crippen LogP contribution in [0, 0.1) is 11.2 Å². The molecule has 0 heterocycles. The molecule has 17 heavy (non-hydrogen) atoms. The second kappa shape index (κ2) is 4.41. The molecule has 2 heteroatoms. The van der Waals surface area contributed by atoms with Crippen LogP contribution in [0.5, 0.6) is 0 Å². The van der Waals surface area contributed by atoms with E-state index in [1.165, 1.54) is 6.07 Å². The number of halogens is 1. The Morgan fingerprint density at radius 3 is 2.53 bits per heavy atom. The van der Waals surface area contributed by atoms with Crippen molar-refractivity contribution in [1.29, 1.82) is 0 Å². The topological polar surface area (TPSA) is 12.0 Å². The van der Waals surface area contributed by atoms with Crippen molar-refractivity contribution in [3.8, 4) is 0 Å². The van der Waals surface area contributed by atoms with E-state index in [1.807, 2.05) is 6.07 Å². The molecule has 0 unspecified atom stereocenters. The third kappa shape index (κ3) is 2.52. The van der Waals surface area contributed by atoms with Crippen LogP contribution in [0.1, 0.15) is 39.2 Å². The number of hydrogen-bond donors (Lipinski definition) is 1. The van der Waals surface area contributed by atoms with Crippen molar-refractivity contribution in [2.45, 2.75) is 39.0 Å². The fourth-order valence-electron chi connectivity index (χ4n) is 3.39. The second-order valence-corrected chi connectivity index (χ2v) is 6.09. The van der Waals surface area contributed by atoms with Gasteiger partial charge in [-0.1, -0.05) is 32.9 Å². The highest BCUT2D eigenvalue weighted by Gasteiger charge is 2.49. The fourth-order valence-corrected chi connectivity index (χ4v) is 3.39. The molecule has 1 aromatic carbocycles. The molecule has 2 rings (SSSR count). The molecule has 1 aliphatic rings. The lowest BCUT2D eigenvalue weighted by atomic mass is 9.52. The minimum atomic E-state index is -0.122. The van der Waals surface area contributed by atoms with Gasteiger partial charge in [0.2, 0.25) is 0 Å². The van der Waals surface area contributed by atoms with Gasteiger partial charge in [0.05, 0.1) is 0 Å². The van der Waals surface area contributed by atoms with Crippen LogP contribution in [0.2, 0.25) is 0 Å². The van der Waals surface area contributed by atoms with Crippen molar-refractivity contribution in [3.05, 3.63) is 35.6 Å². The Morgan fingerprint density at radius 2 is 2.00 bits per heavy atom. The third-order valence-corrected chi connectivity index (χ3v) is 3.78. The average molecular weight is 235 g/mol. The minimum absolute atomic E-state index is 0.122. The van der Waals surface area contributed by atoms with E-state index in [-0.39, 0.29) is 11.2 Å². The number of benzene rings is 1. The summed E-state index contributed by atoms with van der Waals surface area (Å²) in [5.41, 5.74) is 1.68. The van der Waals surface area contributed by atoms with Gasteiger partial charge in [-0.2, -0.15) is 0 Å². The van der Waals surface area contributed by atoms with Crippen LogP contribution in [-0.2, 0) is 5.41 Å². The molecule has 0 bridgehead atoms. The average Bonchev–Trinajstić information content (AvgIpc) is 2.23. The molecule has 1 nitrogen and oxygen atoms in total. The second-order valence-electron chi connectivity index (χ2n) is 6.09. The Hall–Kier alpha value is -0.890. The molecule has 0 radical (unpaired) electrons. The number of likely N-dealkylation sites (N-methyl/N-ethyl adjacent to an activating group) is 1. The largest absolute Gasteiger partial charge is 0.316 e. The standard InChI is InChI=1S/C15H22FN/c1-4-17-11-15(9-14(2,3)10-15)12-6-5-7-13(16)8-12/h5-8,17H,4,9-11H2,1-3H3. The lowest BCUT2D eigenvalue weighted by Gasteiger charge is -2.54. The van der Waals surface area contributed by atoms with Gasteiger partial charge in [-0.05, 0) is 42.5 Å². The zero-order chi connectivity index (χ0) is 12.5. The summed E-state index contributed by atoms with van der Waals surface area (Å²) in [5, 5.41) is 3.42. The number of hydrogen-bond acceptors (Lipinski definition) is 1. The van der Waals surface area contributed by atoms with Crippen LogP contribution in [0.3, 0.4) is 0 Å². The van der Waals surface area contributed by atoms with Crippen molar-refractivity contribution in [3.63, 3.8) is 0 Å². The molecule has 1 N–H and O–H groups in total. The van der Waals surface area contributed by atoms with E-state index in [1.54, 1.807) is 6.07 Å². The van der Waals surface area contributed by atoms with E-state index in [4.69, 9.17) is 0 Å². The van der Waals surface area contributed by atoms with Crippen LogP contribution in [0.4, 0.5) is 4.39 Å². The van der Waals surface area contributed by atoms with E-state index in [9.17, 15) is 4.39 Å². The van der Waals surface area contributed by atoms with Crippen molar-refractivity contribution in [2.75, 3.05) is 13.1 Å². The van der Waals surface area contributed by atoms with Crippen LogP contribution in [0.15, 0.2) is 24.3 Å². The summed E-state index contributed by atoms with van der Waals surface area (Å²) in [5.74, 6) is -0.122. The van der Waals surface area contributed by atoms with Crippen molar-refractivity contribution < 1.29 is 4.39 Å². The van der Waals surface area contributed by atoms with E-state index in [0.29, 0.717) is 5.41 Å². The molecule has 0 amide bonds. The number of nitrogens with one attached hydrogen (secondary N) is 1. The van der Waals surface area contributed by atoms with Gasteiger partial charge >= 0.3 is 0 Å². The summed E-state index contributed by atoms with van der Waals surface area (Å²) in [6.07, 6.45) is 2.27. The summed E-state index contributed by atoms with van der Waals surface area (Å²) in [7, 11) is 0. The summed E-state index contributed by atoms with van der Waals surface area (Å²) < 4.78 is 13.4. The maximum absolute atomic E-state index is 13.4. The van der Waals surface area contributed by atoms with Crippen molar-refractivity contribution in [1.82, 2.24) is 5.32 Å². The lowest BCUT2D eigenvalue weighted by molar-refractivity contribution is 0.0565. The van der Waals surface area contributed by atoms with E-state index in [0.717, 1.165) is 31.5 Å². The molecule has 94 valence electrons. The maximum Gasteiger partial charge on any atom is 0.123 e. The van der Waals surface area contributed by atoms with Crippen LogP contribution in [-0.4, -0.2) is 13.1 Å². The monoisotopic (exact) mass is 235 g/mol. The third-order valence-electron chi connectivity index (χ3n) is 3.78. The molecule has 1 saturated carbocycles.